The van der Waals surface area contributed by atoms with E-state index in [-0.39, 0.29) is 23.8 Å². The molecule has 0 aromatic rings. The number of ether oxygens (including phenoxy) is 1. The van der Waals surface area contributed by atoms with Crippen LogP contribution in [0, 0.1) is 5.92 Å². The van der Waals surface area contributed by atoms with E-state index in [2.05, 4.69) is 33.9 Å². The average Bonchev–Trinajstić information content (AvgIpc) is 2.41. The summed E-state index contributed by atoms with van der Waals surface area (Å²) in [6.07, 6.45) is 1.33. The van der Waals surface area contributed by atoms with E-state index in [1.165, 1.54) is 0 Å². The Morgan fingerprint density at radius 2 is 1.79 bits per heavy atom. The number of likely N-dealkylation sites (tertiary alicyclic amines) is 1. The molecule has 0 bridgehead atoms. The average molecular weight is 360 g/mol. The first-order chi connectivity index (χ1) is 10.8. The molecule has 1 amide bonds. The number of carbonyl (C=O) groups excluding carboxylic acids is 1. The minimum Gasteiger partial charge on any atom is -0.444 e. The van der Waals surface area contributed by atoms with Crippen molar-refractivity contribution in [3.8, 4) is 0 Å². The Bertz CT molecular complexity index is 426. The van der Waals surface area contributed by atoms with Crippen molar-refractivity contribution in [2.45, 2.75) is 84.2 Å². The van der Waals surface area contributed by atoms with Crippen LogP contribution in [0.4, 0.5) is 4.79 Å². The summed E-state index contributed by atoms with van der Waals surface area (Å²) in [6, 6.07) is -0.179. The molecular formula is C18H37NO4Si. The van der Waals surface area contributed by atoms with Gasteiger partial charge in [0.2, 0.25) is 0 Å². The summed E-state index contributed by atoms with van der Waals surface area (Å²) < 4.78 is 11.8. The molecule has 1 N–H and O–H groups in total. The van der Waals surface area contributed by atoms with E-state index >= 15 is 0 Å². The largest absolute Gasteiger partial charge is 0.444 e. The summed E-state index contributed by atoms with van der Waals surface area (Å²) in [7, 11) is -1.76. The quantitative estimate of drug-likeness (QED) is 0.770. The molecule has 5 nitrogen and oxygen atoms in total. The topological polar surface area (TPSA) is 59.0 Å². The fraction of sp³-hybridized carbons (Fsp3) is 0.944. The Morgan fingerprint density at radius 3 is 2.25 bits per heavy atom. The molecule has 0 unspecified atom stereocenters. The Labute approximate surface area is 148 Å². The van der Waals surface area contributed by atoms with Crippen molar-refractivity contribution in [2.75, 3.05) is 19.8 Å². The molecule has 0 radical (unpaired) electrons. The molecule has 1 heterocycles. The van der Waals surface area contributed by atoms with E-state index < -0.39 is 13.9 Å². The van der Waals surface area contributed by atoms with Crippen molar-refractivity contribution in [2.24, 2.45) is 5.92 Å². The van der Waals surface area contributed by atoms with Gasteiger partial charge in [0.05, 0.1) is 12.6 Å². The van der Waals surface area contributed by atoms with Gasteiger partial charge in [0, 0.05) is 13.2 Å². The van der Waals surface area contributed by atoms with Crippen molar-refractivity contribution in [3.63, 3.8) is 0 Å². The van der Waals surface area contributed by atoms with Crippen molar-refractivity contribution >= 4 is 14.4 Å². The SMILES string of the molecule is CC(C)(C)OC(=O)N1CC[C@@H](CO[Si](C)(C)C(C)(C)C)C[C@@H]1CO. The summed E-state index contributed by atoms with van der Waals surface area (Å²) in [5, 5.41) is 9.90. The van der Waals surface area contributed by atoms with Crippen LogP contribution in [0.3, 0.4) is 0 Å². The first kappa shape index (κ1) is 21.4. The minimum absolute atomic E-state index is 0.0319. The summed E-state index contributed by atoms with van der Waals surface area (Å²) in [5.41, 5.74) is -0.515. The molecule has 1 saturated heterocycles. The molecule has 1 rings (SSSR count). The normalized spacial score (nSPS) is 23.3. The molecule has 24 heavy (non-hydrogen) atoms. The van der Waals surface area contributed by atoms with Gasteiger partial charge >= 0.3 is 6.09 Å². The number of amides is 1. The van der Waals surface area contributed by atoms with Crippen LogP contribution >= 0.6 is 0 Å². The van der Waals surface area contributed by atoms with Gasteiger partial charge in [-0.15, -0.1) is 0 Å². The number of hydrogen-bond acceptors (Lipinski definition) is 4. The van der Waals surface area contributed by atoms with Gasteiger partial charge in [-0.3, -0.25) is 0 Å². The third-order valence-corrected chi connectivity index (χ3v) is 9.65. The van der Waals surface area contributed by atoms with E-state index in [0.29, 0.717) is 12.5 Å². The molecule has 1 fully saturated rings. The third-order valence-electron chi connectivity index (χ3n) is 5.15. The van der Waals surface area contributed by atoms with Gasteiger partial charge in [0.25, 0.3) is 0 Å². The van der Waals surface area contributed by atoms with Crippen molar-refractivity contribution in [1.82, 2.24) is 4.90 Å². The lowest BCUT2D eigenvalue weighted by Crippen LogP contribution is -2.51. The maximum atomic E-state index is 12.3. The molecule has 1 aliphatic rings. The van der Waals surface area contributed by atoms with E-state index in [9.17, 15) is 9.90 Å². The van der Waals surface area contributed by atoms with Crippen molar-refractivity contribution in [1.29, 1.82) is 0 Å². The second-order valence-corrected chi connectivity index (χ2v) is 14.3. The number of hydrogen-bond donors (Lipinski definition) is 1. The van der Waals surface area contributed by atoms with Crippen LogP contribution in [0.25, 0.3) is 0 Å². The Morgan fingerprint density at radius 1 is 1.21 bits per heavy atom. The van der Waals surface area contributed by atoms with Crippen LogP contribution in [-0.4, -0.2) is 55.8 Å². The zero-order valence-corrected chi connectivity index (χ0v) is 17.8. The Balaban J connectivity index is 2.61. The third kappa shape index (κ3) is 6.04. The highest BCUT2D eigenvalue weighted by Gasteiger charge is 2.39. The zero-order chi connectivity index (χ0) is 18.8. The number of aliphatic hydroxyl groups is 1. The van der Waals surface area contributed by atoms with Crippen LogP contribution in [0.15, 0.2) is 0 Å². The summed E-state index contributed by atoms with van der Waals surface area (Å²) in [4.78, 5) is 14.0. The second kappa shape index (κ2) is 7.75. The van der Waals surface area contributed by atoms with Gasteiger partial charge in [-0.1, -0.05) is 20.8 Å². The molecular weight excluding hydrogens is 322 g/mol. The molecule has 0 saturated carbocycles. The molecule has 142 valence electrons. The number of piperidine rings is 1. The van der Waals surface area contributed by atoms with Gasteiger partial charge < -0.3 is 19.2 Å². The highest BCUT2D eigenvalue weighted by molar-refractivity contribution is 6.74. The lowest BCUT2D eigenvalue weighted by molar-refractivity contribution is -0.00838. The molecule has 0 spiro atoms. The Hall–Kier alpha value is -0.593. The number of rotatable bonds is 4. The second-order valence-electron chi connectivity index (χ2n) is 9.47. The number of nitrogens with zero attached hydrogens (tertiary/aromatic N) is 1. The predicted molar refractivity (Wildman–Crippen MR) is 99.7 cm³/mol. The van der Waals surface area contributed by atoms with Gasteiger partial charge in [0.1, 0.15) is 5.60 Å². The van der Waals surface area contributed by atoms with Gasteiger partial charge in [-0.25, -0.2) is 4.79 Å². The Kier molecular flexibility index (Phi) is 6.92. The van der Waals surface area contributed by atoms with Crippen LogP contribution in [0.5, 0.6) is 0 Å². The molecule has 1 aliphatic heterocycles. The molecule has 0 aromatic carbocycles. The monoisotopic (exact) mass is 359 g/mol. The smallest absolute Gasteiger partial charge is 0.410 e. The molecule has 6 heteroatoms. The molecule has 0 aromatic heterocycles. The van der Waals surface area contributed by atoms with Gasteiger partial charge in [-0.05, 0) is 57.7 Å². The summed E-state index contributed by atoms with van der Waals surface area (Å²) in [5.74, 6) is 0.384. The van der Waals surface area contributed by atoms with E-state index in [1.54, 1.807) is 4.90 Å². The fourth-order valence-electron chi connectivity index (χ4n) is 2.56. The lowest BCUT2D eigenvalue weighted by Gasteiger charge is -2.41. The molecule has 2 atom stereocenters. The molecule has 0 aliphatic carbocycles. The number of carbonyl (C=O) groups is 1. The van der Waals surface area contributed by atoms with Crippen molar-refractivity contribution in [3.05, 3.63) is 0 Å². The predicted octanol–water partition coefficient (Wildman–Crippen LogP) is 4.02. The highest BCUT2D eigenvalue weighted by atomic mass is 28.4. The summed E-state index contributed by atoms with van der Waals surface area (Å²) in [6.45, 7) is 18.1. The first-order valence-corrected chi connectivity index (χ1v) is 11.9. The highest BCUT2D eigenvalue weighted by Crippen LogP contribution is 2.37. The minimum atomic E-state index is -1.76. The van der Waals surface area contributed by atoms with Crippen LogP contribution in [-0.2, 0) is 9.16 Å². The van der Waals surface area contributed by atoms with Crippen LogP contribution in [0.1, 0.15) is 54.4 Å². The zero-order valence-electron chi connectivity index (χ0n) is 16.8. The van der Waals surface area contributed by atoms with Gasteiger partial charge in [0.15, 0.2) is 8.32 Å². The standard InChI is InChI=1S/C18H37NO4Si/c1-17(2,3)23-16(21)19-10-9-14(11-15(19)12-20)13-22-24(7,8)18(4,5)6/h14-15,20H,9-13H2,1-8H3/t14-,15-/m1/s1. The fourth-order valence-corrected chi connectivity index (χ4v) is 3.65. The van der Waals surface area contributed by atoms with Crippen LogP contribution in [0.2, 0.25) is 18.1 Å². The maximum absolute atomic E-state index is 12.3. The first-order valence-electron chi connectivity index (χ1n) is 9.01. The lowest BCUT2D eigenvalue weighted by atomic mass is 9.92. The van der Waals surface area contributed by atoms with Crippen molar-refractivity contribution < 1.29 is 19.1 Å². The van der Waals surface area contributed by atoms with E-state index in [1.807, 2.05) is 20.8 Å². The number of aliphatic hydroxyl groups excluding tert-OH is 1. The van der Waals surface area contributed by atoms with E-state index in [4.69, 9.17) is 9.16 Å². The van der Waals surface area contributed by atoms with Crippen LogP contribution < -0.4 is 0 Å². The maximum Gasteiger partial charge on any atom is 0.410 e. The van der Waals surface area contributed by atoms with E-state index in [0.717, 1.165) is 19.4 Å². The van der Waals surface area contributed by atoms with Gasteiger partial charge in [-0.2, -0.15) is 0 Å². The summed E-state index contributed by atoms with van der Waals surface area (Å²) >= 11 is 0.